The molecule has 6 nitrogen and oxygen atoms in total. The van der Waals surface area contributed by atoms with Crippen LogP contribution < -0.4 is 5.32 Å². The molecule has 2 saturated heterocycles. The van der Waals surface area contributed by atoms with E-state index in [9.17, 15) is 18.8 Å². The number of imide groups is 1. The minimum atomic E-state index is -1.28. The van der Waals surface area contributed by atoms with E-state index in [1.807, 2.05) is 6.26 Å². The Morgan fingerprint density at radius 1 is 1.30 bits per heavy atom. The van der Waals surface area contributed by atoms with E-state index in [2.05, 4.69) is 5.32 Å². The SMILES string of the molecule is CCOC(=O)[C@]1(CCSC)N[C@H](c2ccc(F)cc2)[C@H]2C(=O)N(C)C(=O)[C@@H]21. The molecule has 2 fully saturated rings. The number of benzene rings is 1. The van der Waals surface area contributed by atoms with E-state index in [4.69, 9.17) is 4.74 Å². The van der Waals surface area contributed by atoms with Gasteiger partial charge in [-0.05, 0) is 43.0 Å². The predicted octanol–water partition coefficient (Wildman–Crippen LogP) is 1.76. The van der Waals surface area contributed by atoms with E-state index in [0.29, 0.717) is 17.7 Å². The largest absolute Gasteiger partial charge is 0.465 e. The van der Waals surface area contributed by atoms with Crippen LogP contribution in [0.2, 0.25) is 0 Å². The van der Waals surface area contributed by atoms with E-state index in [1.165, 1.54) is 19.2 Å². The van der Waals surface area contributed by atoms with Crippen molar-refractivity contribution >= 4 is 29.5 Å². The fraction of sp³-hybridized carbons (Fsp3) is 0.526. The van der Waals surface area contributed by atoms with Gasteiger partial charge in [-0.25, -0.2) is 4.39 Å². The summed E-state index contributed by atoms with van der Waals surface area (Å²) in [6.45, 7) is 1.88. The van der Waals surface area contributed by atoms with Gasteiger partial charge in [0.05, 0.1) is 18.4 Å². The van der Waals surface area contributed by atoms with Crippen LogP contribution in [-0.2, 0) is 19.1 Å². The van der Waals surface area contributed by atoms with Crippen molar-refractivity contribution in [3.63, 3.8) is 0 Å². The molecular formula is C19H23FN2O4S. The Morgan fingerprint density at radius 3 is 2.56 bits per heavy atom. The van der Waals surface area contributed by atoms with E-state index < -0.39 is 35.2 Å². The van der Waals surface area contributed by atoms with Gasteiger partial charge in [0.2, 0.25) is 11.8 Å². The van der Waals surface area contributed by atoms with E-state index in [-0.39, 0.29) is 18.4 Å². The molecule has 0 saturated carbocycles. The molecule has 2 heterocycles. The van der Waals surface area contributed by atoms with Crippen molar-refractivity contribution in [3.8, 4) is 0 Å². The predicted molar refractivity (Wildman–Crippen MR) is 99.4 cm³/mol. The maximum absolute atomic E-state index is 13.4. The lowest BCUT2D eigenvalue weighted by Crippen LogP contribution is -2.56. The average Bonchev–Trinajstić information content (AvgIpc) is 3.11. The number of carbonyl (C=O) groups is 3. The number of rotatable bonds is 6. The topological polar surface area (TPSA) is 75.7 Å². The number of ether oxygens (including phenoxy) is 1. The lowest BCUT2D eigenvalue weighted by molar-refractivity contribution is -0.156. The third kappa shape index (κ3) is 3.14. The highest BCUT2D eigenvalue weighted by Crippen LogP contribution is 2.50. The van der Waals surface area contributed by atoms with Crippen molar-refractivity contribution in [3.05, 3.63) is 35.6 Å². The van der Waals surface area contributed by atoms with Gasteiger partial charge in [0.1, 0.15) is 11.4 Å². The van der Waals surface area contributed by atoms with Crippen LogP contribution in [0.25, 0.3) is 0 Å². The lowest BCUT2D eigenvalue weighted by atomic mass is 9.78. The second-order valence-electron chi connectivity index (χ2n) is 6.85. The fourth-order valence-electron chi connectivity index (χ4n) is 4.15. The Hall–Kier alpha value is -1.93. The second kappa shape index (κ2) is 7.59. The molecular weight excluding hydrogens is 371 g/mol. The Bertz CT molecular complexity index is 757. The Morgan fingerprint density at radius 2 is 1.96 bits per heavy atom. The summed E-state index contributed by atoms with van der Waals surface area (Å²) >= 11 is 1.55. The molecule has 2 aliphatic rings. The summed E-state index contributed by atoms with van der Waals surface area (Å²) in [5, 5.41) is 3.26. The molecule has 0 bridgehead atoms. The third-order valence-corrected chi connectivity index (χ3v) is 6.06. The minimum Gasteiger partial charge on any atom is -0.465 e. The second-order valence-corrected chi connectivity index (χ2v) is 7.83. The van der Waals surface area contributed by atoms with Crippen molar-refractivity contribution in [1.29, 1.82) is 0 Å². The highest BCUT2D eigenvalue weighted by molar-refractivity contribution is 7.98. The number of nitrogens with zero attached hydrogens (tertiary/aromatic N) is 1. The number of likely N-dealkylation sites (tertiary alicyclic amines) is 1. The monoisotopic (exact) mass is 394 g/mol. The molecule has 0 unspecified atom stereocenters. The normalized spacial score (nSPS) is 29.9. The van der Waals surface area contributed by atoms with Crippen LogP contribution in [0.15, 0.2) is 24.3 Å². The summed E-state index contributed by atoms with van der Waals surface area (Å²) in [7, 11) is 1.44. The standard InChI is InChI=1S/C19H23FN2O4S/c1-4-26-18(25)19(9-10-27-3)14-13(16(23)22(2)17(14)24)15(21-19)11-5-7-12(20)8-6-11/h5-8,13-15,21H,4,9-10H2,1-3H3/t13-,14+,15+,19+/m0/s1. The first kappa shape index (κ1) is 19.8. The Labute approximate surface area is 161 Å². The van der Waals surface area contributed by atoms with Crippen LogP contribution in [0.1, 0.15) is 24.9 Å². The summed E-state index contributed by atoms with van der Waals surface area (Å²) in [4.78, 5) is 39.8. The van der Waals surface area contributed by atoms with E-state index >= 15 is 0 Å². The number of fused-ring (bicyclic) bond motifs is 1. The van der Waals surface area contributed by atoms with Crippen LogP contribution in [-0.4, -0.2) is 53.9 Å². The van der Waals surface area contributed by atoms with Gasteiger partial charge in [-0.1, -0.05) is 12.1 Å². The number of esters is 1. The molecule has 0 radical (unpaired) electrons. The number of thioether (sulfide) groups is 1. The first-order valence-electron chi connectivity index (χ1n) is 8.88. The maximum Gasteiger partial charge on any atom is 0.327 e. The van der Waals surface area contributed by atoms with Crippen LogP contribution >= 0.6 is 11.8 Å². The molecule has 1 aromatic rings. The van der Waals surface area contributed by atoms with Crippen LogP contribution in [0, 0.1) is 17.7 Å². The van der Waals surface area contributed by atoms with Crippen LogP contribution in [0.4, 0.5) is 4.39 Å². The van der Waals surface area contributed by atoms with Gasteiger partial charge in [0.15, 0.2) is 0 Å². The Balaban J connectivity index is 2.10. The van der Waals surface area contributed by atoms with Gasteiger partial charge in [0, 0.05) is 13.1 Å². The van der Waals surface area contributed by atoms with Crippen molar-refractivity contribution in [1.82, 2.24) is 10.2 Å². The zero-order chi connectivity index (χ0) is 19.8. The number of nitrogens with one attached hydrogen (secondary N) is 1. The number of amides is 2. The van der Waals surface area contributed by atoms with Gasteiger partial charge in [-0.3, -0.25) is 24.6 Å². The van der Waals surface area contributed by atoms with Crippen molar-refractivity contribution < 1.29 is 23.5 Å². The van der Waals surface area contributed by atoms with Crippen molar-refractivity contribution in [2.24, 2.45) is 11.8 Å². The number of hydrogen-bond acceptors (Lipinski definition) is 6. The molecule has 27 heavy (non-hydrogen) atoms. The molecule has 2 amide bonds. The van der Waals surface area contributed by atoms with Crippen molar-refractivity contribution in [2.75, 3.05) is 25.7 Å². The molecule has 2 aliphatic heterocycles. The number of carbonyl (C=O) groups excluding carboxylic acids is 3. The van der Waals surface area contributed by atoms with Gasteiger partial charge >= 0.3 is 5.97 Å². The summed E-state index contributed by atoms with van der Waals surface area (Å²) < 4.78 is 18.7. The molecule has 8 heteroatoms. The molecule has 0 spiro atoms. The zero-order valence-corrected chi connectivity index (χ0v) is 16.3. The highest BCUT2D eigenvalue weighted by atomic mass is 32.2. The molecule has 4 atom stereocenters. The van der Waals surface area contributed by atoms with Crippen molar-refractivity contribution in [2.45, 2.75) is 24.9 Å². The minimum absolute atomic E-state index is 0.179. The van der Waals surface area contributed by atoms with Crippen LogP contribution in [0.5, 0.6) is 0 Å². The van der Waals surface area contributed by atoms with Gasteiger partial charge in [0.25, 0.3) is 0 Å². The zero-order valence-electron chi connectivity index (χ0n) is 15.5. The smallest absolute Gasteiger partial charge is 0.327 e. The summed E-state index contributed by atoms with van der Waals surface area (Å²) in [5.74, 6) is -2.56. The lowest BCUT2D eigenvalue weighted by Gasteiger charge is -2.32. The van der Waals surface area contributed by atoms with Gasteiger partial charge in [-0.15, -0.1) is 0 Å². The molecule has 0 aromatic heterocycles. The third-order valence-electron chi connectivity index (χ3n) is 5.44. The fourth-order valence-corrected chi connectivity index (χ4v) is 4.67. The van der Waals surface area contributed by atoms with E-state index in [0.717, 1.165) is 4.90 Å². The number of hydrogen-bond donors (Lipinski definition) is 1. The summed E-state index contributed by atoms with van der Waals surface area (Å²) in [6.07, 6.45) is 2.27. The Kier molecular flexibility index (Phi) is 5.58. The highest BCUT2D eigenvalue weighted by Gasteiger charge is 2.67. The van der Waals surface area contributed by atoms with Gasteiger partial charge < -0.3 is 4.74 Å². The maximum atomic E-state index is 13.4. The first-order chi connectivity index (χ1) is 12.9. The first-order valence-corrected chi connectivity index (χ1v) is 10.3. The number of halogens is 1. The summed E-state index contributed by atoms with van der Waals surface area (Å²) in [5.41, 5.74) is -0.613. The average molecular weight is 394 g/mol. The van der Waals surface area contributed by atoms with Crippen LogP contribution in [0.3, 0.4) is 0 Å². The molecule has 3 rings (SSSR count). The molecule has 146 valence electrons. The van der Waals surface area contributed by atoms with E-state index in [1.54, 1.807) is 30.8 Å². The quantitative estimate of drug-likeness (QED) is 0.585. The van der Waals surface area contributed by atoms with Gasteiger partial charge in [-0.2, -0.15) is 11.8 Å². The molecule has 1 N–H and O–H groups in total. The molecule has 0 aliphatic carbocycles. The summed E-state index contributed by atoms with van der Waals surface area (Å²) in [6, 6.07) is 5.21. The molecule has 1 aromatic carbocycles.